The second-order valence-electron chi connectivity index (χ2n) is 4.52. The Labute approximate surface area is 107 Å². The van der Waals surface area contributed by atoms with Crippen molar-refractivity contribution in [1.82, 2.24) is 16.2 Å². The fraction of sp³-hybridized carbons (Fsp3) is 0.462. The summed E-state index contributed by atoms with van der Waals surface area (Å²) >= 11 is 0. The summed E-state index contributed by atoms with van der Waals surface area (Å²) in [6, 6.07) is 7.53. The van der Waals surface area contributed by atoms with Crippen molar-refractivity contribution in [2.75, 3.05) is 20.2 Å². The Hall–Kier alpha value is -1.59. The largest absolute Gasteiger partial charge is 0.497 e. The first kappa shape index (κ1) is 12.9. The van der Waals surface area contributed by atoms with E-state index in [1.165, 1.54) is 0 Å². The van der Waals surface area contributed by atoms with E-state index >= 15 is 0 Å². The topological polar surface area (TPSA) is 62.4 Å². The van der Waals surface area contributed by atoms with E-state index in [0.717, 1.165) is 6.54 Å². The highest BCUT2D eigenvalue weighted by molar-refractivity contribution is 5.94. The lowest BCUT2D eigenvalue weighted by molar-refractivity contribution is 0.0947. The number of carbonyl (C=O) groups excluding carboxylic acids is 1. The second-order valence-corrected chi connectivity index (χ2v) is 4.52. The minimum atomic E-state index is -0.0620. The molecule has 5 nitrogen and oxygen atoms in total. The molecule has 1 amide bonds. The summed E-state index contributed by atoms with van der Waals surface area (Å²) in [5.74, 6) is 1.05. The molecular formula is C13H19N3O2. The number of methoxy groups -OCH3 is 1. The summed E-state index contributed by atoms with van der Waals surface area (Å²) in [4.78, 5) is 12.0. The van der Waals surface area contributed by atoms with Crippen LogP contribution < -0.4 is 20.9 Å². The Bertz CT molecular complexity index is 422. The summed E-state index contributed by atoms with van der Waals surface area (Å²) in [5.41, 5.74) is 6.84. The van der Waals surface area contributed by atoms with Gasteiger partial charge in [0.15, 0.2) is 0 Å². The van der Waals surface area contributed by atoms with Crippen LogP contribution in [0.2, 0.25) is 0 Å². The van der Waals surface area contributed by atoms with Crippen molar-refractivity contribution in [3.8, 4) is 5.75 Å². The Morgan fingerprint density at radius 2 is 2.39 bits per heavy atom. The molecule has 2 unspecified atom stereocenters. The number of carbonyl (C=O) groups is 1. The Kier molecular flexibility index (Phi) is 4.17. The lowest BCUT2D eigenvalue weighted by Gasteiger charge is -2.14. The summed E-state index contributed by atoms with van der Waals surface area (Å²) in [6.07, 6.45) is 0. The predicted octanol–water partition coefficient (Wildman–Crippen LogP) is 0.537. The molecule has 1 heterocycles. The Morgan fingerprint density at radius 1 is 1.56 bits per heavy atom. The van der Waals surface area contributed by atoms with Gasteiger partial charge in [0.1, 0.15) is 5.75 Å². The first-order valence-electron chi connectivity index (χ1n) is 6.11. The van der Waals surface area contributed by atoms with E-state index in [0.29, 0.717) is 29.8 Å². The number of amides is 1. The van der Waals surface area contributed by atoms with Gasteiger partial charge in [-0.2, -0.15) is 0 Å². The molecule has 0 spiro atoms. The number of nitrogens with one attached hydrogen (secondary N) is 3. The molecular weight excluding hydrogens is 230 g/mol. The number of hydrazine groups is 1. The van der Waals surface area contributed by atoms with Crippen LogP contribution in [0.1, 0.15) is 17.3 Å². The van der Waals surface area contributed by atoms with Crippen LogP contribution in [-0.2, 0) is 0 Å². The molecule has 98 valence electrons. The lowest BCUT2D eigenvalue weighted by atomic mass is 10.0. The summed E-state index contributed by atoms with van der Waals surface area (Å²) < 4.78 is 5.10. The molecule has 1 fully saturated rings. The molecule has 0 radical (unpaired) electrons. The standard InChI is InChI=1S/C13H19N3O2/c1-9-11(8-15-16-9)7-14-13(17)10-4-3-5-12(6-10)18-2/h3-6,9,11,15-16H,7-8H2,1-2H3,(H,14,17). The smallest absolute Gasteiger partial charge is 0.251 e. The highest BCUT2D eigenvalue weighted by atomic mass is 16.5. The van der Waals surface area contributed by atoms with Crippen LogP contribution in [0.25, 0.3) is 0 Å². The maximum atomic E-state index is 12.0. The normalized spacial score (nSPS) is 22.8. The van der Waals surface area contributed by atoms with Gasteiger partial charge in [-0.1, -0.05) is 6.07 Å². The zero-order valence-corrected chi connectivity index (χ0v) is 10.7. The first-order valence-corrected chi connectivity index (χ1v) is 6.11. The fourth-order valence-electron chi connectivity index (χ4n) is 1.98. The van der Waals surface area contributed by atoms with E-state index in [9.17, 15) is 4.79 Å². The maximum absolute atomic E-state index is 12.0. The minimum Gasteiger partial charge on any atom is -0.497 e. The molecule has 1 aromatic rings. The van der Waals surface area contributed by atoms with Crippen molar-refractivity contribution in [2.24, 2.45) is 5.92 Å². The third-order valence-corrected chi connectivity index (χ3v) is 3.26. The number of hydrogen-bond donors (Lipinski definition) is 3. The van der Waals surface area contributed by atoms with Crippen molar-refractivity contribution in [3.63, 3.8) is 0 Å². The average Bonchev–Trinajstić information content (AvgIpc) is 2.81. The fourth-order valence-corrected chi connectivity index (χ4v) is 1.98. The van der Waals surface area contributed by atoms with Crippen LogP contribution >= 0.6 is 0 Å². The summed E-state index contributed by atoms with van der Waals surface area (Å²) in [6.45, 7) is 3.64. The second kappa shape index (κ2) is 5.84. The van der Waals surface area contributed by atoms with Crippen LogP contribution in [0.3, 0.4) is 0 Å². The van der Waals surface area contributed by atoms with E-state index in [2.05, 4.69) is 23.1 Å². The van der Waals surface area contributed by atoms with Gasteiger partial charge in [0.05, 0.1) is 7.11 Å². The van der Waals surface area contributed by atoms with Crippen LogP contribution in [0.15, 0.2) is 24.3 Å². The van der Waals surface area contributed by atoms with Gasteiger partial charge in [0.2, 0.25) is 0 Å². The van der Waals surface area contributed by atoms with Gasteiger partial charge in [-0.05, 0) is 25.1 Å². The van der Waals surface area contributed by atoms with Gasteiger partial charge in [-0.25, -0.2) is 0 Å². The van der Waals surface area contributed by atoms with E-state index in [-0.39, 0.29) is 5.91 Å². The lowest BCUT2D eigenvalue weighted by Crippen LogP contribution is -2.35. The molecule has 3 N–H and O–H groups in total. The molecule has 5 heteroatoms. The van der Waals surface area contributed by atoms with Gasteiger partial charge < -0.3 is 10.1 Å². The van der Waals surface area contributed by atoms with E-state index in [1.807, 2.05) is 12.1 Å². The van der Waals surface area contributed by atoms with Crippen LogP contribution in [0.4, 0.5) is 0 Å². The van der Waals surface area contributed by atoms with Crippen molar-refractivity contribution < 1.29 is 9.53 Å². The molecule has 1 aromatic carbocycles. The molecule has 18 heavy (non-hydrogen) atoms. The summed E-state index contributed by atoms with van der Waals surface area (Å²) in [5, 5.41) is 2.95. The van der Waals surface area contributed by atoms with Crippen molar-refractivity contribution in [3.05, 3.63) is 29.8 Å². The average molecular weight is 249 g/mol. The van der Waals surface area contributed by atoms with Gasteiger partial charge in [0, 0.05) is 30.6 Å². The third-order valence-electron chi connectivity index (χ3n) is 3.26. The molecule has 1 aliphatic rings. The highest BCUT2D eigenvalue weighted by Crippen LogP contribution is 2.12. The SMILES string of the molecule is COc1cccc(C(=O)NCC2CNNC2C)c1. The third kappa shape index (κ3) is 3.00. The number of ether oxygens (including phenoxy) is 1. The van der Waals surface area contributed by atoms with Crippen molar-refractivity contribution in [1.29, 1.82) is 0 Å². The van der Waals surface area contributed by atoms with Crippen molar-refractivity contribution in [2.45, 2.75) is 13.0 Å². The van der Waals surface area contributed by atoms with E-state index < -0.39 is 0 Å². The Morgan fingerprint density at radius 3 is 3.06 bits per heavy atom. The van der Waals surface area contributed by atoms with Gasteiger partial charge >= 0.3 is 0 Å². The van der Waals surface area contributed by atoms with E-state index in [4.69, 9.17) is 4.74 Å². The number of rotatable bonds is 4. The quantitative estimate of drug-likeness (QED) is 0.729. The highest BCUT2D eigenvalue weighted by Gasteiger charge is 2.23. The van der Waals surface area contributed by atoms with Crippen LogP contribution in [0.5, 0.6) is 5.75 Å². The molecule has 0 saturated carbocycles. The molecule has 2 rings (SSSR count). The number of hydrogen-bond acceptors (Lipinski definition) is 4. The van der Waals surface area contributed by atoms with Gasteiger partial charge in [-0.15, -0.1) is 0 Å². The van der Waals surface area contributed by atoms with Crippen LogP contribution in [-0.4, -0.2) is 32.1 Å². The number of benzene rings is 1. The molecule has 1 saturated heterocycles. The summed E-state index contributed by atoms with van der Waals surface area (Å²) in [7, 11) is 1.59. The molecule has 0 aliphatic carbocycles. The first-order chi connectivity index (χ1) is 8.70. The molecule has 2 atom stereocenters. The molecule has 0 aromatic heterocycles. The molecule has 0 bridgehead atoms. The van der Waals surface area contributed by atoms with Crippen LogP contribution in [0, 0.1) is 5.92 Å². The molecule has 1 aliphatic heterocycles. The monoisotopic (exact) mass is 249 g/mol. The van der Waals surface area contributed by atoms with E-state index in [1.54, 1.807) is 19.2 Å². The maximum Gasteiger partial charge on any atom is 0.251 e. The van der Waals surface area contributed by atoms with Crippen molar-refractivity contribution >= 4 is 5.91 Å². The zero-order valence-electron chi connectivity index (χ0n) is 10.7. The Balaban J connectivity index is 1.90. The predicted molar refractivity (Wildman–Crippen MR) is 69.4 cm³/mol. The van der Waals surface area contributed by atoms with Gasteiger partial charge in [-0.3, -0.25) is 15.6 Å². The zero-order chi connectivity index (χ0) is 13.0. The van der Waals surface area contributed by atoms with Gasteiger partial charge in [0.25, 0.3) is 5.91 Å². The minimum absolute atomic E-state index is 0.0620.